The number of hydrogen-bond acceptors (Lipinski definition) is 5. The summed E-state index contributed by atoms with van der Waals surface area (Å²) < 4.78 is 46.9. The van der Waals surface area contributed by atoms with Crippen LogP contribution in [0.15, 0.2) is 48.7 Å². The highest BCUT2D eigenvalue weighted by Gasteiger charge is 2.41. The van der Waals surface area contributed by atoms with Crippen molar-refractivity contribution in [3.8, 4) is 28.4 Å². The first kappa shape index (κ1) is 23.1. The molecular formula is C27H25F2NO5. The summed E-state index contributed by atoms with van der Waals surface area (Å²) in [5, 5.41) is 9.54. The highest BCUT2D eigenvalue weighted by atomic mass is 19.1. The van der Waals surface area contributed by atoms with Crippen LogP contribution in [0.25, 0.3) is 11.1 Å². The van der Waals surface area contributed by atoms with Crippen LogP contribution in [0, 0.1) is 23.5 Å². The van der Waals surface area contributed by atoms with Gasteiger partial charge in [0.05, 0.1) is 18.7 Å². The van der Waals surface area contributed by atoms with Gasteiger partial charge in [0.2, 0.25) is 0 Å². The Labute approximate surface area is 201 Å². The number of carbonyl (C=O) groups is 1. The number of fused-ring (bicyclic) bond motifs is 1. The molecule has 1 unspecified atom stereocenters. The third kappa shape index (κ3) is 4.40. The number of hydrogen-bond donors (Lipinski definition) is 1. The minimum atomic E-state index is -0.953. The zero-order valence-electron chi connectivity index (χ0n) is 19.3. The van der Waals surface area contributed by atoms with E-state index in [4.69, 9.17) is 14.2 Å². The lowest BCUT2D eigenvalue weighted by molar-refractivity contribution is -0.142. The smallest absolute Gasteiger partial charge is 0.306 e. The van der Waals surface area contributed by atoms with E-state index in [2.05, 4.69) is 4.98 Å². The summed E-state index contributed by atoms with van der Waals surface area (Å²) in [6.45, 7) is 1.74. The number of halogens is 2. The third-order valence-electron chi connectivity index (χ3n) is 6.76. The first-order chi connectivity index (χ1) is 16.9. The van der Waals surface area contributed by atoms with Gasteiger partial charge in [0.25, 0.3) is 0 Å². The maximum atomic E-state index is 15.6. The summed E-state index contributed by atoms with van der Waals surface area (Å²) in [7, 11) is 1.51. The van der Waals surface area contributed by atoms with Crippen LogP contribution in [-0.4, -0.2) is 29.8 Å². The van der Waals surface area contributed by atoms with Gasteiger partial charge >= 0.3 is 5.97 Å². The first-order valence-electron chi connectivity index (χ1n) is 11.5. The van der Waals surface area contributed by atoms with Crippen LogP contribution in [0.1, 0.15) is 43.0 Å². The molecule has 1 aliphatic carbocycles. The monoisotopic (exact) mass is 481 g/mol. The number of pyridine rings is 1. The summed E-state index contributed by atoms with van der Waals surface area (Å²) in [5.74, 6) is -2.19. The fraction of sp³-hybridized carbons (Fsp3) is 0.333. The van der Waals surface area contributed by atoms with Gasteiger partial charge in [-0.05, 0) is 54.7 Å². The second-order valence-corrected chi connectivity index (χ2v) is 9.02. The van der Waals surface area contributed by atoms with Crippen molar-refractivity contribution in [1.82, 2.24) is 4.98 Å². The zero-order valence-corrected chi connectivity index (χ0v) is 19.3. The normalized spacial score (nSPS) is 18.6. The minimum absolute atomic E-state index is 0.0355. The molecule has 8 heteroatoms. The largest absolute Gasteiger partial charge is 0.497 e. The summed E-state index contributed by atoms with van der Waals surface area (Å²) in [5.41, 5.74) is 1.75. The lowest BCUT2D eigenvalue weighted by Gasteiger charge is -2.29. The van der Waals surface area contributed by atoms with E-state index in [1.807, 2.05) is 0 Å². The standard InChI is InChI=1S/C27H25F2NO5/c1-14(27(31)32)24(15-3-4-15)18-7-10-22-26(25(18)29)35-23(13-34-22)21-9-5-16(12-30-21)19-11-17(33-2)6-8-20(19)28/h5-12,14-15,23-24H,3-4,13H2,1-2H3,(H,31,32)/t14-,23?,24-/m0/s1. The van der Waals surface area contributed by atoms with Crippen molar-refractivity contribution in [1.29, 1.82) is 0 Å². The molecule has 2 heterocycles. The van der Waals surface area contributed by atoms with Gasteiger partial charge in [-0.3, -0.25) is 9.78 Å². The molecule has 35 heavy (non-hydrogen) atoms. The first-order valence-corrected chi connectivity index (χ1v) is 11.5. The van der Waals surface area contributed by atoms with E-state index >= 15 is 4.39 Å². The Morgan fingerprint density at radius 2 is 1.97 bits per heavy atom. The highest BCUT2D eigenvalue weighted by molar-refractivity contribution is 5.71. The van der Waals surface area contributed by atoms with E-state index in [1.54, 1.807) is 43.3 Å². The van der Waals surface area contributed by atoms with Gasteiger partial charge in [-0.15, -0.1) is 0 Å². The van der Waals surface area contributed by atoms with Crippen molar-refractivity contribution in [3.05, 3.63) is 71.6 Å². The number of aliphatic carboxylic acids is 1. The molecule has 2 aliphatic rings. The number of methoxy groups -OCH3 is 1. The zero-order chi connectivity index (χ0) is 24.7. The Hall–Kier alpha value is -3.68. The van der Waals surface area contributed by atoms with Crippen LogP contribution in [0.3, 0.4) is 0 Å². The average molecular weight is 481 g/mol. The fourth-order valence-electron chi connectivity index (χ4n) is 4.67. The van der Waals surface area contributed by atoms with Gasteiger partial charge in [-0.25, -0.2) is 8.78 Å². The molecule has 1 N–H and O–H groups in total. The SMILES string of the molecule is COc1ccc(F)c(-c2ccc(C3COc4ccc([C@H](C5CC5)[C@H](C)C(=O)O)c(F)c4O3)nc2)c1. The number of carboxylic acid groups (broad SMARTS) is 1. The maximum Gasteiger partial charge on any atom is 0.306 e. The molecular weight excluding hydrogens is 456 g/mol. The molecule has 0 radical (unpaired) electrons. The van der Waals surface area contributed by atoms with Crippen LogP contribution in [0.5, 0.6) is 17.2 Å². The molecule has 2 aromatic carbocycles. The second-order valence-electron chi connectivity index (χ2n) is 9.02. The van der Waals surface area contributed by atoms with Crippen LogP contribution < -0.4 is 14.2 Å². The Morgan fingerprint density at radius 1 is 1.17 bits per heavy atom. The molecule has 1 aromatic heterocycles. The van der Waals surface area contributed by atoms with Gasteiger partial charge in [-0.2, -0.15) is 0 Å². The van der Waals surface area contributed by atoms with Crippen LogP contribution in [-0.2, 0) is 4.79 Å². The second kappa shape index (κ2) is 9.17. The topological polar surface area (TPSA) is 77.9 Å². The van der Waals surface area contributed by atoms with Gasteiger partial charge in [0.1, 0.15) is 18.2 Å². The maximum absolute atomic E-state index is 15.6. The van der Waals surface area contributed by atoms with Gasteiger partial charge in [-0.1, -0.05) is 19.1 Å². The van der Waals surface area contributed by atoms with Gasteiger partial charge in [0.15, 0.2) is 23.4 Å². The number of aromatic nitrogens is 1. The molecule has 0 amide bonds. The van der Waals surface area contributed by atoms with Gasteiger partial charge in [0, 0.05) is 23.2 Å². The predicted molar refractivity (Wildman–Crippen MR) is 124 cm³/mol. The number of ether oxygens (including phenoxy) is 3. The van der Waals surface area contributed by atoms with E-state index < -0.39 is 35.5 Å². The Bertz CT molecular complexity index is 1260. The molecule has 0 spiro atoms. The van der Waals surface area contributed by atoms with Crippen molar-refractivity contribution < 1.29 is 32.9 Å². The van der Waals surface area contributed by atoms with E-state index in [0.717, 1.165) is 12.8 Å². The summed E-state index contributed by atoms with van der Waals surface area (Å²) in [4.78, 5) is 16.1. The highest BCUT2D eigenvalue weighted by Crippen LogP contribution is 2.50. The van der Waals surface area contributed by atoms with Crippen molar-refractivity contribution in [2.24, 2.45) is 11.8 Å². The van der Waals surface area contributed by atoms with Crippen molar-refractivity contribution in [3.63, 3.8) is 0 Å². The molecule has 5 rings (SSSR count). The minimum Gasteiger partial charge on any atom is -0.497 e. The van der Waals surface area contributed by atoms with E-state index in [-0.39, 0.29) is 24.0 Å². The molecule has 1 fully saturated rings. The average Bonchev–Trinajstić information content (AvgIpc) is 3.71. The number of nitrogens with zero attached hydrogens (tertiary/aromatic N) is 1. The van der Waals surface area contributed by atoms with Crippen molar-refractivity contribution >= 4 is 5.97 Å². The van der Waals surface area contributed by atoms with Crippen LogP contribution in [0.2, 0.25) is 0 Å². The molecule has 3 aromatic rings. The number of carboxylic acids is 1. The molecule has 3 atom stereocenters. The summed E-state index contributed by atoms with van der Waals surface area (Å²) in [6, 6.07) is 11.1. The third-order valence-corrected chi connectivity index (χ3v) is 6.76. The molecule has 182 valence electrons. The Morgan fingerprint density at radius 3 is 2.63 bits per heavy atom. The lowest BCUT2D eigenvalue weighted by Crippen LogP contribution is -2.25. The molecule has 1 aliphatic heterocycles. The summed E-state index contributed by atoms with van der Waals surface area (Å²) >= 11 is 0. The molecule has 6 nitrogen and oxygen atoms in total. The molecule has 0 bridgehead atoms. The van der Waals surface area contributed by atoms with Crippen molar-refractivity contribution in [2.45, 2.75) is 31.8 Å². The fourth-order valence-corrected chi connectivity index (χ4v) is 4.67. The predicted octanol–water partition coefficient (Wildman–Crippen LogP) is 5.76. The van der Waals surface area contributed by atoms with E-state index in [9.17, 15) is 14.3 Å². The number of rotatable bonds is 7. The van der Waals surface area contributed by atoms with Crippen molar-refractivity contribution in [2.75, 3.05) is 13.7 Å². The number of benzene rings is 2. The van der Waals surface area contributed by atoms with Gasteiger partial charge < -0.3 is 19.3 Å². The Kier molecular flexibility index (Phi) is 6.05. The molecule has 1 saturated carbocycles. The lowest BCUT2D eigenvalue weighted by atomic mass is 9.83. The van der Waals surface area contributed by atoms with Crippen LogP contribution >= 0.6 is 0 Å². The summed E-state index contributed by atoms with van der Waals surface area (Å²) in [6.07, 6.45) is 2.61. The van der Waals surface area contributed by atoms with E-state index in [1.165, 1.54) is 19.4 Å². The molecule has 0 saturated heterocycles. The van der Waals surface area contributed by atoms with E-state index in [0.29, 0.717) is 28.1 Å². The quantitative estimate of drug-likeness (QED) is 0.462. The van der Waals surface area contributed by atoms with Crippen LogP contribution in [0.4, 0.5) is 8.78 Å². The Balaban J connectivity index is 1.41.